The third-order valence-electron chi connectivity index (χ3n) is 4.70. The Morgan fingerprint density at radius 2 is 1.92 bits per heavy atom. The summed E-state index contributed by atoms with van der Waals surface area (Å²) in [7, 11) is 0. The average Bonchev–Trinajstić information content (AvgIpc) is 2.57. The van der Waals surface area contributed by atoms with E-state index in [4.69, 9.17) is 23.2 Å². The quantitative estimate of drug-likeness (QED) is 0.774. The number of nitrogens with zero attached hydrogens (tertiary/aromatic N) is 4. The lowest BCUT2D eigenvalue weighted by molar-refractivity contribution is -0.133. The lowest BCUT2D eigenvalue weighted by Gasteiger charge is -2.38. The van der Waals surface area contributed by atoms with E-state index in [0.29, 0.717) is 35.7 Å². The van der Waals surface area contributed by atoms with Crippen LogP contribution in [0.3, 0.4) is 0 Å². The molecule has 0 bridgehead atoms. The van der Waals surface area contributed by atoms with Crippen LogP contribution in [0.2, 0.25) is 10.0 Å². The predicted molar refractivity (Wildman–Crippen MR) is 111 cm³/mol. The second-order valence-electron chi connectivity index (χ2n) is 6.35. The van der Waals surface area contributed by atoms with E-state index in [1.807, 2.05) is 4.90 Å². The molecule has 0 aromatic carbocycles. The summed E-state index contributed by atoms with van der Waals surface area (Å²) in [5.74, 6) is 0.947. The van der Waals surface area contributed by atoms with Crippen molar-refractivity contribution in [1.29, 1.82) is 0 Å². The molecule has 3 rings (SSSR count). The minimum Gasteiger partial charge on any atom is -0.352 e. The second kappa shape index (κ2) is 10.7. The fraction of sp³-hybridized carbons (Fsp3) is 0.625. The Bertz CT molecular complexity index is 598. The lowest BCUT2D eigenvalue weighted by Crippen LogP contribution is -2.55. The zero-order chi connectivity index (χ0) is 17.1. The van der Waals surface area contributed by atoms with Gasteiger partial charge in [0.05, 0.1) is 16.6 Å². The number of hydrogen-bond acceptors (Lipinski definition) is 5. The van der Waals surface area contributed by atoms with Crippen LogP contribution in [-0.2, 0) is 4.79 Å². The maximum Gasteiger partial charge on any atom is 0.236 e. The van der Waals surface area contributed by atoms with Gasteiger partial charge in [0.15, 0.2) is 0 Å². The van der Waals surface area contributed by atoms with Gasteiger partial charge in [-0.1, -0.05) is 23.2 Å². The molecule has 2 saturated heterocycles. The number of aromatic nitrogens is 1. The number of halogens is 4. The Morgan fingerprint density at radius 1 is 1.23 bits per heavy atom. The lowest BCUT2D eigenvalue weighted by atomic mass is 10.2. The average molecular weight is 445 g/mol. The van der Waals surface area contributed by atoms with E-state index < -0.39 is 0 Å². The maximum absolute atomic E-state index is 12.6. The molecule has 26 heavy (non-hydrogen) atoms. The number of nitrogens with one attached hydrogen (secondary N) is 1. The number of carbonyl (C=O) groups is 1. The molecule has 1 N–H and O–H groups in total. The van der Waals surface area contributed by atoms with E-state index in [2.05, 4.69) is 27.0 Å². The van der Waals surface area contributed by atoms with Crippen molar-refractivity contribution in [3.8, 4) is 0 Å². The normalized spacial score (nSPS) is 21.0. The van der Waals surface area contributed by atoms with Crippen LogP contribution in [-0.4, -0.2) is 79.1 Å². The molecular weight excluding hydrogens is 420 g/mol. The first-order chi connectivity index (χ1) is 11.5. The van der Waals surface area contributed by atoms with Crippen LogP contribution in [0.4, 0.5) is 5.82 Å². The number of carbonyl (C=O) groups excluding carboxylic acids is 1. The highest BCUT2D eigenvalue weighted by Crippen LogP contribution is 2.26. The smallest absolute Gasteiger partial charge is 0.236 e. The van der Waals surface area contributed by atoms with Crippen molar-refractivity contribution in [2.24, 2.45) is 0 Å². The third kappa shape index (κ3) is 5.75. The number of piperazine rings is 2. The highest BCUT2D eigenvalue weighted by molar-refractivity contribution is 6.36. The van der Waals surface area contributed by atoms with Crippen LogP contribution in [0.5, 0.6) is 0 Å². The highest BCUT2D eigenvalue weighted by Gasteiger charge is 2.26. The van der Waals surface area contributed by atoms with Crippen LogP contribution in [0, 0.1) is 0 Å². The fourth-order valence-corrected chi connectivity index (χ4v) is 3.70. The summed E-state index contributed by atoms with van der Waals surface area (Å²) in [5, 5.41) is 4.43. The Kier molecular flexibility index (Phi) is 9.72. The first-order valence-electron chi connectivity index (χ1n) is 8.33. The van der Waals surface area contributed by atoms with Gasteiger partial charge in [-0.15, -0.1) is 24.8 Å². The van der Waals surface area contributed by atoms with Crippen molar-refractivity contribution in [2.45, 2.75) is 13.0 Å². The summed E-state index contributed by atoms with van der Waals surface area (Å²) < 4.78 is 0. The van der Waals surface area contributed by atoms with Gasteiger partial charge >= 0.3 is 0 Å². The van der Waals surface area contributed by atoms with Gasteiger partial charge in [-0.3, -0.25) is 9.69 Å². The van der Waals surface area contributed by atoms with Gasteiger partial charge in [-0.2, -0.15) is 0 Å². The summed E-state index contributed by atoms with van der Waals surface area (Å²) in [4.78, 5) is 23.2. The summed E-state index contributed by atoms with van der Waals surface area (Å²) >= 11 is 12.1. The van der Waals surface area contributed by atoms with Gasteiger partial charge in [-0.25, -0.2) is 4.98 Å². The zero-order valence-corrected chi connectivity index (χ0v) is 17.8. The van der Waals surface area contributed by atoms with Gasteiger partial charge < -0.3 is 15.1 Å². The van der Waals surface area contributed by atoms with Crippen LogP contribution in [0.15, 0.2) is 12.3 Å². The van der Waals surface area contributed by atoms with Crippen molar-refractivity contribution in [2.75, 3.05) is 57.3 Å². The van der Waals surface area contributed by atoms with Crippen LogP contribution in [0.1, 0.15) is 6.92 Å². The molecule has 10 heteroatoms. The monoisotopic (exact) mass is 443 g/mol. The van der Waals surface area contributed by atoms with E-state index >= 15 is 0 Å². The largest absolute Gasteiger partial charge is 0.352 e. The molecule has 2 aliphatic heterocycles. The second-order valence-corrected chi connectivity index (χ2v) is 7.19. The van der Waals surface area contributed by atoms with Crippen LogP contribution >= 0.6 is 48.0 Å². The van der Waals surface area contributed by atoms with Crippen molar-refractivity contribution < 1.29 is 4.79 Å². The molecule has 6 nitrogen and oxygen atoms in total. The summed E-state index contributed by atoms with van der Waals surface area (Å²) in [6, 6.07) is 2.11. The first kappa shape index (κ1) is 23.5. The molecule has 148 valence electrons. The molecule has 2 fully saturated rings. The minimum atomic E-state index is 0. The van der Waals surface area contributed by atoms with Crippen LogP contribution < -0.4 is 10.2 Å². The first-order valence-corrected chi connectivity index (χ1v) is 9.08. The molecule has 1 aromatic heterocycles. The fourth-order valence-electron chi connectivity index (χ4n) is 3.20. The van der Waals surface area contributed by atoms with E-state index in [0.717, 1.165) is 38.5 Å². The number of anilines is 1. The van der Waals surface area contributed by atoms with Gasteiger partial charge in [0.2, 0.25) is 5.91 Å². The molecule has 0 spiro atoms. The number of pyridine rings is 1. The third-order valence-corrected chi connectivity index (χ3v) is 5.18. The number of amides is 1. The molecule has 0 saturated carbocycles. The van der Waals surface area contributed by atoms with Gasteiger partial charge in [0.25, 0.3) is 0 Å². The molecule has 0 aliphatic carbocycles. The Morgan fingerprint density at radius 3 is 2.54 bits per heavy atom. The van der Waals surface area contributed by atoms with E-state index in [1.165, 1.54) is 0 Å². The zero-order valence-electron chi connectivity index (χ0n) is 14.7. The Labute approximate surface area is 177 Å². The number of rotatable bonds is 3. The highest BCUT2D eigenvalue weighted by atomic mass is 35.5. The van der Waals surface area contributed by atoms with E-state index in [9.17, 15) is 4.79 Å². The molecular formula is C16H25Cl4N5O. The number of hydrogen-bond donors (Lipinski definition) is 1. The Hall–Kier alpha value is -0.500. The van der Waals surface area contributed by atoms with E-state index in [1.54, 1.807) is 12.3 Å². The molecule has 3 heterocycles. The molecule has 1 atom stereocenters. The standard InChI is InChI=1S/C16H23Cl2N5O.2ClH/c1-12-9-19-2-3-23(12)11-15(24)21-4-6-22(7-5-21)16-14(18)8-13(17)10-20-16;;/h8,10,12,19H,2-7,9,11H2,1H3;2*1H/t12-;;/m1../s1. The molecule has 2 aliphatic rings. The van der Waals surface area contributed by atoms with Crippen molar-refractivity contribution >= 4 is 59.7 Å². The molecule has 0 unspecified atom stereocenters. The Balaban J connectivity index is 0.00000169. The van der Waals surface area contributed by atoms with Crippen molar-refractivity contribution in [3.63, 3.8) is 0 Å². The summed E-state index contributed by atoms with van der Waals surface area (Å²) in [6.07, 6.45) is 1.60. The molecule has 0 radical (unpaired) electrons. The molecule has 1 amide bonds. The minimum absolute atomic E-state index is 0. The summed E-state index contributed by atoms with van der Waals surface area (Å²) in [5.41, 5.74) is 0. The van der Waals surface area contributed by atoms with Crippen molar-refractivity contribution in [3.05, 3.63) is 22.3 Å². The maximum atomic E-state index is 12.6. The predicted octanol–water partition coefficient (Wildman–Crippen LogP) is 2.17. The summed E-state index contributed by atoms with van der Waals surface area (Å²) in [6.45, 7) is 8.34. The SMILES string of the molecule is C[C@@H]1CNCCN1CC(=O)N1CCN(c2ncc(Cl)cc2Cl)CC1.Cl.Cl. The van der Waals surface area contributed by atoms with Gasteiger partial charge in [0.1, 0.15) is 5.82 Å². The van der Waals surface area contributed by atoms with Crippen molar-refractivity contribution in [1.82, 2.24) is 20.1 Å². The van der Waals surface area contributed by atoms with E-state index in [-0.39, 0.29) is 30.7 Å². The van der Waals surface area contributed by atoms with Gasteiger partial charge in [0, 0.05) is 58.1 Å². The van der Waals surface area contributed by atoms with Crippen LogP contribution in [0.25, 0.3) is 0 Å². The van der Waals surface area contributed by atoms with Gasteiger partial charge in [-0.05, 0) is 13.0 Å². The topological polar surface area (TPSA) is 51.7 Å². The molecule has 1 aromatic rings.